The monoisotopic (exact) mass is 192 g/mol. The molecular weight excluding hydrogens is 180 g/mol. The van der Waals surface area contributed by atoms with Crippen LogP contribution in [0.25, 0.3) is 0 Å². The fourth-order valence-corrected chi connectivity index (χ4v) is 1.90. The van der Waals surface area contributed by atoms with Gasteiger partial charge < -0.3 is 18.4 Å². The Morgan fingerprint density at radius 3 is 2.33 bits per heavy atom. The summed E-state index contributed by atoms with van der Waals surface area (Å²) in [5.41, 5.74) is 0. The van der Waals surface area contributed by atoms with Crippen molar-refractivity contribution in [3.63, 3.8) is 0 Å². The molecular formula is C7H12O4S. The third-order valence-electron chi connectivity index (χ3n) is 2.40. The van der Waals surface area contributed by atoms with Crippen molar-refractivity contribution >= 4 is 12.9 Å². The first-order valence-electron chi connectivity index (χ1n) is 3.93. The van der Waals surface area contributed by atoms with Gasteiger partial charge in [0.25, 0.3) is 0 Å². The van der Waals surface area contributed by atoms with Crippen LogP contribution in [0.1, 0.15) is 0 Å². The molecule has 2 aliphatic rings. The van der Waals surface area contributed by atoms with Gasteiger partial charge in [0.15, 0.2) is 0 Å². The van der Waals surface area contributed by atoms with Crippen LogP contribution >= 0.6 is 12.9 Å². The Morgan fingerprint density at radius 2 is 1.75 bits per heavy atom. The SMILES string of the molecule is COC1COC2C(OS)COC12. The van der Waals surface area contributed by atoms with Gasteiger partial charge in [0.05, 0.1) is 13.2 Å². The van der Waals surface area contributed by atoms with E-state index in [0.717, 1.165) is 0 Å². The predicted molar refractivity (Wildman–Crippen MR) is 44.1 cm³/mol. The van der Waals surface area contributed by atoms with Crippen LogP contribution < -0.4 is 0 Å². The van der Waals surface area contributed by atoms with Gasteiger partial charge >= 0.3 is 0 Å². The number of ether oxygens (including phenoxy) is 3. The summed E-state index contributed by atoms with van der Waals surface area (Å²) in [5.74, 6) is 0. The van der Waals surface area contributed by atoms with Gasteiger partial charge in [-0.15, -0.1) is 0 Å². The number of thiol groups is 1. The second-order valence-corrected chi connectivity index (χ2v) is 3.22. The van der Waals surface area contributed by atoms with E-state index in [4.69, 9.17) is 18.4 Å². The van der Waals surface area contributed by atoms with Crippen molar-refractivity contribution in [1.82, 2.24) is 0 Å². The minimum atomic E-state index is -0.0570. The van der Waals surface area contributed by atoms with E-state index in [2.05, 4.69) is 12.9 Å². The van der Waals surface area contributed by atoms with E-state index in [1.807, 2.05) is 0 Å². The zero-order chi connectivity index (χ0) is 8.55. The summed E-state index contributed by atoms with van der Waals surface area (Å²) in [6.45, 7) is 1.12. The van der Waals surface area contributed by atoms with E-state index >= 15 is 0 Å². The molecule has 0 aromatic heterocycles. The molecule has 12 heavy (non-hydrogen) atoms. The first-order valence-corrected chi connectivity index (χ1v) is 4.29. The molecule has 2 rings (SSSR count). The van der Waals surface area contributed by atoms with Gasteiger partial charge in [-0.1, -0.05) is 0 Å². The minimum absolute atomic E-state index is 0.00699. The Bertz CT molecular complexity index is 147. The van der Waals surface area contributed by atoms with Gasteiger partial charge in [-0.05, 0) is 12.9 Å². The van der Waals surface area contributed by atoms with Crippen molar-refractivity contribution in [2.75, 3.05) is 20.3 Å². The summed E-state index contributed by atoms with van der Waals surface area (Å²) < 4.78 is 21.0. The van der Waals surface area contributed by atoms with Gasteiger partial charge in [-0.3, -0.25) is 0 Å². The first-order chi connectivity index (χ1) is 5.86. The number of methoxy groups -OCH3 is 1. The summed E-state index contributed by atoms with van der Waals surface area (Å²) in [6.07, 6.45) is 0.00145. The van der Waals surface area contributed by atoms with Crippen LogP contribution in [0.3, 0.4) is 0 Å². The zero-order valence-electron chi connectivity index (χ0n) is 6.80. The molecule has 2 saturated heterocycles. The number of fused-ring (bicyclic) bond motifs is 1. The maximum atomic E-state index is 5.46. The molecule has 0 amide bonds. The Hall–Kier alpha value is 0.190. The van der Waals surface area contributed by atoms with E-state index in [9.17, 15) is 0 Å². The van der Waals surface area contributed by atoms with Crippen molar-refractivity contribution < 1.29 is 18.4 Å². The normalized spacial score (nSPS) is 46.5. The molecule has 0 bridgehead atoms. The predicted octanol–water partition coefficient (Wildman–Crippen LogP) is 0.0290. The molecule has 4 nitrogen and oxygen atoms in total. The molecule has 0 aromatic carbocycles. The summed E-state index contributed by atoms with van der Waals surface area (Å²) in [5, 5.41) is 0. The van der Waals surface area contributed by atoms with Gasteiger partial charge in [-0.2, -0.15) is 0 Å². The lowest BCUT2D eigenvalue weighted by Crippen LogP contribution is -2.32. The lowest BCUT2D eigenvalue weighted by atomic mass is 10.1. The summed E-state index contributed by atoms with van der Waals surface area (Å²) in [4.78, 5) is 0. The highest BCUT2D eigenvalue weighted by atomic mass is 32.1. The molecule has 5 heteroatoms. The first kappa shape index (κ1) is 8.77. The van der Waals surface area contributed by atoms with Crippen molar-refractivity contribution in [2.24, 2.45) is 0 Å². The third-order valence-corrected chi connectivity index (χ3v) is 2.67. The highest BCUT2D eigenvalue weighted by Crippen LogP contribution is 2.30. The second kappa shape index (κ2) is 3.51. The van der Waals surface area contributed by atoms with Crippen LogP contribution in [0.4, 0.5) is 0 Å². The minimum Gasteiger partial charge on any atom is -0.376 e. The van der Waals surface area contributed by atoms with Crippen LogP contribution in [0.15, 0.2) is 0 Å². The third kappa shape index (κ3) is 1.25. The molecule has 0 saturated carbocycles. The summed E-state index contributed by atoms with van der Waals surface area (Å²) in [6, 6.07) is 0. The Kier molecular flexibility index (Phi) is 2.57. The van der Waals surface area contributed by atoms with Crippen molar-refractivity contribution in [1.29, 1.82) is 0 Å². The Balaban J connectivity index is 2.01. The lowest BCUT2D eigenvalue weighted by Gasteiger charge is -2.13. The average molecular weight is 192 g/mol. The summed E-state index contributed by atoms with van der Waals surface area (Å²) >= 11 is 3.76. The smallest absolute Gasteiger partial charge is 0.124 e. The summed E-state index contributed by atoms with van der Waals surface area (Å²) in [7, 11) is 1.66. The highest BCUT2D eigenvalue weighted by molar-refractivity contribution is 7.75. The van der Waals surface area contributed by atoms with Crippen molar-refractivity contribution in [2.45, 2.75) is 24.4 Å². The van der Waals surface area contributed by atoms with Gasteiger partial charge in [0.2, 0.25) is 0 Å². The molecule has 4 atom stereocenters. The number of hydrogen-bond donors (Lipinski definition) is 1. The molecule has 70 valence electrons. The maximum Gasteiger partial charge on any atom is 0.124 e. The van der Waals surface area contributed by atoms with Gasteiger partial charge in [0.1, 0.15) is 24.4 Å². The number of rotatable bonds is 2. The molecule has 2 heterocycles. The van der Waals surface area contributed by atoms with E-state index in [-0.39, 0.29) is 24.4 Å². The van der Waals surface area contributed by atoms with Gasteiger partial charge in [0, 0.05) is 7.11 Å². The van der Waals surface area contributed by atoms with Crippen molar-refractivity contribution in [3.05, 3.63) is 0 Å². The molecule has 0 spiro atoms. The van der Waals surface area contributed by atoms with Gasteiger partial charge in [-0.25, -0.2) is 0 Å². The van der Waals surface area contributed by atoms with E-state index in [1.165, 1.54) is 0 Å². The molecule has 0 aromatic rings. The quantitative estimate of drug-likeness (QED) is 0.494. The van der Waals surface area contributed by atoms with E-state index in [0.29, 0.717) is 13.2 Å². The van der Waals surface area contributed by atoms with Crippen LogP contribution in [-0.4, -0.2) is 44.7 Å². The van der Waals surface area contributed by atoms with Crippen molar-refractivity contribution in [3.8, 4) is 0 Å². The topological polar surface area (TPSA) is 36.9 Å². The van der Waals surface area contributed by atoms with Crippen LogP contribution in [0.2, 0.25) is 0 Å². The highest BCUT2D eigenvalue weighted by Gasteiger charge is 2.48. The second-order valence-electron chi connectivity index (χ2n) is 3.01. The van der Waals surface area contributed by atoms with E-state index < -0.39 is 0 Å². The fourth-order valence-electron chi connectivity index (χ4n) is 1.72. The van der Waals surface area contributed by atoms with Crippen LogP contribution in [-0.2, 0) is 18.4 Å². The largest absolute Gasteiger partial charge is 0.376 e. The average Bonchev–Trinajstić information content (AvgIpc) is 2.62. The van der Waals surface area contributed by atoms with Crippen LogP contribution in [0, 0.1) is 0 Å². The Labute approximate surface area is 76.7 Å². The fraction of sp³-hybridized carbons (Fsp3) is 1.00. The molecule has 0 aliphatic carbocycles. The number of hydrogen-bond acceptors (Lipinski definition) is 5. The lowest BCUT2D eigenvalue weighted by molar-refractivity contribution is -0.0122. The molecule has 0 radical (unpaired) electrons. The standard InChI is InChI=1S/C7H12O4S/c1-8-4-2-9-7-5(11-12)3-10-6(4)7/h4-7,12H,2-3H2,1H3. The molecule has 2 fully saturated rings. The zero-order valence-corrected chi connectivity index (χ0v) is 7.70. The maximum absolute atomic E-state index is 5.46. The molecule has 0 N–H and O–H groups in total. The molecule has 2 aliphatic heterocycles. The van der Waals surface area contributed by atoms with E-state index in [1.54, 1.807) is 7.11 Å². The van der Waals surface area contributed by atoms with Crippen LogP contribution in [0.5, 0.6) is 0 Å². The molecule has 4 unspecified atom stereocenters. The Morgan fingerprint density at radius 1 is 1.17 bits per heavy atom.